The minimum atomic E-state index is -0.213. The average Bonchev–Trinajstić information content (AvgIpc) is 3.66. The van der Waals surface area contributed by atoms with Crippen molar-refractivity contribution < 1.29 is 4.79 Å². The Labute approximate surface area is 220 Å². The molecule has 1 aromatic carbocycles. The standard InChI is InChI=1S/C29H41ClN4O2/c1-5-34(24-10-8-23(9-11-24)31-13-12-21-6-7-21)27-16-22(30)15-25(20(27)4)28(35)32-17-26-18(2)14-19(3)33-29(26)36/h14-16,21,23-24,31H,5-13,17H2,1-4H3,(H,32,35)(H,33,36). The molecule has 0 radical (unpaired) electrons. The third-order valence-corrected chi connectivity index (χ3v) is 8.20. The van der Waals surface area contributed by atoms with Crippen molar-refractivity contribution in [1.82, 2.24) is 15.6 Å². The fraction of sp³-hybridized carbons (Fsp3) is 0.586. The molecule has 196 valence electrons. The van der Waals surface area contributed by atoms with Crippen molar-refractivity contribution >= 4 is 23.2 Å². The maximum Gasteiger partial charge on any atom is 0.253 e. The van der Waals surface area contributed by atoms with E-state index in [1.807, 2.05) is 32.9 Å². The molecule has 0 unspecified atom stereocenters. The lowest BCUT2D eigenvalue weighted by atomic mass is 9.89. The molecule has 3 N–H and O–H groups in total. The Balaban J connectivity index is 1.43. The molecule has 6 nitrogen and oxygen atoms in total. The van der Waals surface area contributed by atoms with Crippen LogP contribution in [0.5, 0.6) is 0 Å². The first-order valence-corrected chi connectivity index (χ1v) is 13.9. The fourth-order valence-electron chi connectivity index (χ4n) is 5.68. The summed E-state index contributed by atoms with van der Waals surface area (Å²) in [5.74, 6) is 0.762. The molecule has 2 fully saturated rings. The number of nitrogens with one attached hydrogen (secondary N) is 3. The number of pyridine rings is 1. The van der Waals surface area contributed by atoms with Gasteiger partial charge in [-0.05, 0) is 102 Å². The van der Waals surface area contributed by atoms with E-state index in [1.165, 1.54) is 32.1 Å². The Kier molecular flexibility index (Phi) is 8.78. The van der Waals surface area contributed by atoms with Crippen molar-refractivity contribution in [3.63, 3.8) is 0 Å². The zero-order valence-electron chi connectivity index (χ0n) is 22.2. The number of hydrogen-bond acceptors (Lipinski definition) is 4. The molecule has 2 aliphatic carbocycles. The second-order valence-electron chi connectivity index (χ2n) is 10.7. The Hall–Kier alpha value is -2.31. The number of H-pyrrole nitrogens is 1. The third-order valence-electron chi connectivity index (χ3n) is 7.98. The van der Waals surface area contributed by atoms with E-state index >= 15 is 0 Å². The van der Waals surface area contributed by atoms with Gasteiger partial charge in [0, 0.05) is 52.7 Å². The van der Waals surface area contributed by atoms with Gasteiger partial charge in [-0.15, -0.1) is 0 Å². The summed E-state index contributed by atoms with van der Waals surface area (Å²) in [5.41, 5.74) is 4.62. The second-order valence-corrected chi connectivity index (χ2v) is 11.1. The van der Waals surface area contributed by atoms with E-state index < -0.39 is 0 Å². The number of aromatic nitrogens is 1. The van der Waals surface area contributed by atoms with Crippen LogP contribution in [0.15, 0.2) is 23.0 Å². The van der Waals surface area contributed by atoms with Gasteiger partial charge in [0.25, 0.3) is 11.5 Å². The number of hydrogen-bond donors (Lipinski definition) is 3. The normalized spacial score (nSPS) is 19.8. The molecule has 0 saturated heterocycles. The number of halogens is 1. The molecule has 0 aliphatic heterocycles. The fourth-order valence-corrected chi connectivity index (χ4v) is 5.89. The van der Waals surface area contributed by atoms with Gasteiger partial charge in [-0.2, -0.15) is 0 Å². The van der Waals surface area contributed by atoms with Crippen LogP contribution in [0.2, 0.25) is 5.02 Å². The van der Waals surface area contributed by atoms with Gasteiger partial charge in [0.15, 0.2) is 0 Å². The van der Waals surface area contributed by atoms with Crippen molar-refractivity contribution in [2.24, 2.45) is 5.92 Å². The molecule has 1 amide bonds. The number of rotatable bonds is 10. The second kappa shape index (κ2) is 11.8. The smallest absolute Gasteiger partial charge is 0.253 e. The SMILES string of the molecule is CCN(c1cc(Cl)cc(C(=O)NCc2c(C)cc(C)[nH]c2=O)c1C)C1CCC(NCCC2CC2)CC1. The number of anilines is 1. The average molecular weight is 513 g/mol. The number of amides is 1. The van der Waals surface area contributed by atoms with Crippen molar-refractivity contribution in [2.75, 3.05) is 18.0 Å². The molecular weight excluding hydrogens is 472 g/mol. The van der Waals surface area contributed by atoms with Crippen molar-refractivity contribution in [3.05, 3.63) is 61.5 Å². The van der Waals surface area contributed by atoms with Crippen molar-refractivity contribution in [1.29, 1.82) is 0 Å². The quantitative estimate of drug-likeness (QED) is 0.397. The highest BCUT2D eigenvalue weighted by molar-refractivity contribution is 6.31. The maximum absolute atomic E-state index is 13.2. The predicted molar refractivity (Wildman–Crippen MR) is 148 cm³/mol. The van der Waals surface area contributed by atoms with Crippen molar-refractivity contribution in [2.45, 2.75) is 91.3 Å². The summed E-state index contributed by atoms with van der Waals surface area (Å²) in [4.78, 5) is 30.8. The van der Waals surface area contributed by atoms with Crippen LogP contribution in [0.4, 0.5) is 5.69 Å². The first-order valence-electron chi connectivity index (χ1n) is 13.5. The van der Waals surface area contributed by atoms with E-state index in [-0.39, 0.29) is 18.0 Å². The first-order chi connectivity index (χ1) is 17.3. The number of aromatic amines is 1. The summed E-state index contributed by atoms with van der Waals surface area (Å²) in [6.07, 6.45) is 8.80. The zero-order valence-corrected chi connectivity index (χ0v) is 22.9. The van der Waals surface area contributed by atoms with E-state index in [4.69, 9.17) is 11.6 Å². The van der Waals surface area contributed by atoms with Gasteiger partial charge < -0.3 is 20.5 Å². The molecule has 0 spiro atoms. The Bertz CT molecular complexity index is 1130. The van der Waals surface area contributed by atoms with Gasteiger partial charge in [0.1, 0.15) is 0 Å². The van der Waals surface area contributed by atoms with Crippen LogP contribution in [0.1, 0.15) is 84.6 Å². The molecule has 7 heteroatoms. The van der Waals surface area contributed by atoms with E-state index in [1.54, 1.807) is 6.07 Å². The number of nitrogens with zero attached hydrogens (tertiary/aromatic N) is 1. The summed E-state index contributed by atoms with van der Waals surface area (Å²) >= 11 is 6.53. The summed E-state index contributed by atoms with van der Waals surface area (Å²) in [6.45, 7) is 10.1. The minimum Gasteiger partial charge on any atom is -0.369 e. The lowest BCUT2D eigenvalue weighted by molar-refractivity contribution is 0.0950. The zero-order chi connectivity index (χ0) is 25.8. The molecule has 4 rings (SSSR count). The highest BCUT2D eigenvalue weighted by Crippen LogP contribution is 2.34. The molecule has 1 heterocycles. The summed E-state index contributed by atoms with van der Waals surface area (Å²) in [7, 11) is 0. The van der Waals surface area contributed by atoms with Gasteiger partial charge >= 0.3 is 0 Å². The van der Waals surface area contributed by atoms with Crippen LogP contribution in [-0.4, -0.2) is 36.1 Å². The molecule has 0 bridgehead atoms. The number of carbonyl (C=O) groups excluding carboxylic acids is 1. The van der Waals surface area contributed by atoms with Gasteiger partial charge in [-0.1, -0.05) is 24.4 Å². The number of benzene rings is 1. The lowest BCUT2D eigenvalue weighted by Crippen LogP contribution is -2.43. The van der Waals surface area contributed by atoms with E-state index in [2.05, 4.69) is 27.4 Å². The van der Waals surface area contributed by atoms with Crippen LogP contribution in [0, 0.1) is 26.7 Å². The molecule has 36 heavy (non-hydrogen) atoms. The summed E-state index contributed by atoms with van der Waals surface area (Å²) in [5, 5.41) is 7.27. The third kappa shape index (κ3) is 6.51. The monoisotopic (exact) mass is 512 g/mol. The molecule has 1 aromatic heterocycles. The van der Waals surface area contributed by atoms with Crippen LogP contribution < -0.4 is 21.1 Å². The van der Waals surface area contributed by atoms with Crippen LogP contribution in [0.25, 0.3) is 0 Å². The highest BCUT2D eigenvalue weighted by atomic mass is 35.5. The molecule has 2 aromatic rings. The molecular formula is C29H41ClN4O2. The van der Waals surface area contributed by atoms with Gasteiger partial charge in [-0.3, -0.25) is 9.59 Å². The van der Waals surface area contributed by atoms with Crippen LogP contribution in [0.3, 0.4) is 0 Å². The Morgan fingerprint density at radius 3 is 2.44 bits per heavy atom. The molecule has 2 aliphatic rings. The highest BCUT2D eigenvalue weighted by Gasteiger charge is 2.28. The summed E-state index contributed by atoms with van der Waals surface area (Å²) in [6, 6.07) is 6.71. The largest absolute Gasteiger partial charge is 0.369 e. The Morgan fingerprint density at radius 2 is 1.81 bits per heavy atom. The molecule has 2 saturated carbocycles. The maximum atomic E-state index is 13.2. The van der Waals surface area contributed by atoms with Gasteiger partial charge in [0.2, 0.25) is 0 Å². The molecule has 0 atom stereocenters. The predicted octanol–water partition coefficient (Wildman–Crippen LogP) is 5.41. The van der Waals surface area contributed by atoms with Gasteiger partial charge in [0.05, 0.1) is 0 Å². The van der Waals surface area contributed by atoms with E-state index in [9.17, 15) is 9.59 Å². The summed E-state index contributed by atoms with van der Waals surface area (Å²) < 4.78 is 0. The van der Waals surface area contributed by atoms with Crippen LogP contribution >= 0.6 is 11.6 Å². The minimum absolute atomic E-state index is 0.161. The van der Waals surface area contributed by atoms with Crippen LogP contribution in [-0.2, 0) is 6.54 Å². The topological polar surface area (TPSA) is 77.2 Å². The number of carbonyl (C=O) groups is 1. The number of aryl methyl sites for hydroxylation is 2. The lowest BCUT2D eigenvalue weighted by Gasteiger charge is -2.39. The van der Waals surface area contributed by atoms with E-state index in [0.717, 1.165) is 54.4 Å². The van der Waals surface area contributed by atoms with E-state index in [0.29, 0.717) is 28.2 Å². The Morgan fingerprint density at radius 1 is 1.08 bits per heavy atom. The van der Waals surface area contributed by atoms with Gasteiger partial charge in [-0.25, -0.2) is 0 Å². The van der Waals surface area contributed by atoms with Crippen molar-refractivity contribution in [3.8, 4) is 0 Å². The first kappa shape index (κ1) is 26.7.